The number of hydrogen-bond donors (Lipinski definition) is 1. The molecule has 18 heavy (non-hydrogen) atoms. The van der Waals surface area contributed by atoms with Gasteiger partial charge in [0.15, 0.2) is 5.82 Å². The van der Waals surface area contributed by atoms with Crippen LogP contribution in [0.25, 0.3) is 5.69 Å². The van der Waals surface area contributed by atoms with Crippen LogP contribution in [0.4, 0.5) is 5.82 Å². The van der Waals surface area contributed by atoms with Crippen LogP contribution >= 0.6 is 0 Å². The number of aliphatic hydroxyl groups excluding tert-OH is 1. The van der Waals surface area contributed by atoms with Crippen LogP contribution in [-0.4, -0.2) is 34.1 Å². The number of anilines is 1. The summed E-state index contributed by atoms with van der Waals surface area (Å²) in [5.74, 6) is 0.827. The minimum Gasteiger partial charge on any atom is -0.389 e. The van der Waals surface area contributed by atoms with Crippen molar-refractivity contribution in [3.63, 3.8) is 0 Å². The Kier molecular flexibility index (Phi) is 2.50. The number of nitrogens with zero attached hydrogens (tertiary/aromatic N) is 4. The molecule has 0 bridgehead atoms. The fraction of sp³-hybridized carbons (Fsp3) is 0.231. The number of rotatable bonds is 2. The second-order valence-corrected chi connectivity index (χ2v) is 4.31. The largest absolute Gasteiger partial charge is 0.389 e. The second kappa shape index (κ2) is 4.17. The standard InChI is InChI=1S/C13H12N4O/c14-7-10-3-1-2-4-12(10)17-6-5-13(15-17)16-8-11(18)9-16/h1-6,11,18H,8-9H2. The summed E-state index contributed by atoms with van der Waals surface area (Å²) in [6.07, 6.45) is 1.58. The van der Waals surface area contributed by atoms with Crippen molar-refractivity contribution in [2.45, 2.75) is 6.10 Å². The highest BCUT2D eigenvalue weighted by molar-refractivity contribution is 5.50. The number of nitriles is 1. The van der Waals surface area contributed by atoms with E-state index in [1.165, 1.54) is 0 Å². The van der Waals surface area contributed by atoms with Crippen LogP contribution in [-0.2, 0) is 0 Å². The van der Waals surface area contributed by atoms with E-state index in [9.17, 15) is 5.11 Å². The first-order chi connectivity index (χ1) is 8.78. The Balaban J connectivity index is 1.91. The lowest BCUT2D eigenvalue weighted by molar-refractivity contribution is 0.141. The van der Waals surface area contributed by atoms with Gasteiger partial charge in [0.05, 0.1) is 17.4 Å². The third-order valence-electron chi connectivity index (χ3n) is 3.03. The van der Waals surface area contributed by atoms with Gasteiger partial charge in [0.2, 0.25) is 0 Å². The summed E-state index contributed by atoms with van der Waals surface area (Å²) in [6.45, 7) is 1.24. The number of para-hydroxylation sites is 1. The SMILES string of the molecule is N#Cc1ccccc1-n1ccc(N2CC(O)C2)n1. The van der Waals surface area contributed by atoms with Gasteiger partial charge in [-0.05, 0) is 12.1 Å². The molecule has 0 spiro atoms. The van der Waals surface area contributed by atoms with Crippen LogP contribution < -0.4 is 4.90 Å². The lowest BCUT2D eigenvalue weighted by Crippen LogP contribution is -2.51. The van der Waals surface area contributed by atoms with E-state index in [1.807, 2.05) is 35.4 Å². The molecular weight excluding hydrogens is 228 g/mol. The van der Waals surface area contributed by atoms with Crippen LogP contribution in [0.15, 0.2) is 36.5 Å². The second-order valence-electron chi connectivity index (χ2n) is 4.31. The lowest BCUT2D eigenvalue weighted by Gasteiger charge is -2.35. The van der Waals surface area contributed by atoms with E-state index >= 15 is 0 Å². The van der Waals surface area contributed by atoms with Crippen molar-refractivity contribution in [1.82, 2.24) is 9.78 Å². The molecule has 2 aromatic rings. The van der Waals surface area contributed by atoms with Crippen molar-refractivity contribution >= 4 is 5.82 Å². The first-order valence-electron chi connectivity index (χ1n) is 5.76. The Labute approximate surface area is 104 Å². The van der Waals surface area contributed by atoms with Gasteiger partial charge in [-0.25, -0.2) is 4.68 Å². The van der Waals surface area contributed by atoms with Crippen molar-refractivity contribution in [3.05, 3.63) is 42.1 Å². The lowest BCUT2D eigenvalue weighted by atomic mass is 10.2. The summed E-state index contributed by atoms with van der Waals surface area (Å²) in [7, 11) is 0. The maximum Gasteiger partial charge on any atom is 0.151 e. The third kappa shape index (κ3) is 1.73. The van der Waals surface area contributed by atoms with E-state index in [0.717, 1.165) is 11.5 Å². The molecule has 3 rings (SSSR count). The Bertz CT molecular complexity index is 607. The van der Waals surface area contributed by atoms with Crippen LogP contribution in [0, 0.1) is 11.3 Å². The molecule has 5 nitrogen and oxygen atoms in total. The number of aromatic nitrogens is 2. The molecule has 0 amide bonds. The van der Waals surface area contributed by atoms with Crippen molar-refractivity contribution in [1.29, 1.82) is 5.26 Å². The fourth-order valence-electron chi connectivity index (χ4n) is 2.03. The maximum absolute atomic E-state index is 9.27. The van der Waals surface area contributed by atoms with Gasteiger partial charge in [-0.2, -0.15) is 10.4 Å². The fourth-order valence-corrected chi connectivity index (χ4v) is 2.03. The molecule has 90 valence electrons. The smallest absolute Gasteiger partial charge is 0.151 e. The van der Waals surface area contributed by atoms with Gasteiger partial charge in [-0.1, -0.05) is 12.1 Å². The third-order valence-corrected chi connectivity index (χ3v) is 3.03. The predicted octanol–water partition coefficient (Wildman–Crippen LogP) is 0.925. The van der Waals surface area contributed by atoms with E-state index in [4.69, 9.17) is 5.26 Å². The Hall–Kier alpha value is -2.32. The number of β-amino-alcohol motifs (C(OH)–C–C–N with tert-alkyl or cyclic N) is 1. The van der Waals surface area contributed by atoms with Gasteiger partial charge in [0, 0.05) is 25.4 Å². The highest BCUT2D eigenvalue weighted by Gasteiger charge is 2.26. The predicted molar refractivity (Wildman–Crippen MR) is 66.5 cm³/mol. The van der Waals surface area contributed by atoms with Gasteiger partial charge >= 0.3 is 0 Å². The number of benzene rings is 1. The van der Waals surface area contributed by atoms with E-state index in [-0.39, 0.29) is 6.10 Å². The molecule has 0 unspecified atom stereocenters. The van der Waals surface area contributed by atoms with E-state index in [0.29, 0.717) is 18.7 Å². The molecule has 1 saturated heterocycles. The summed E-state index contributed by atoms with van der Waals surface area (Å²) < 4.78 is 1.69. The molecule has 2 heterocycles. The molecule has 1 aromatic carbocycles. The molecular formula is C13H12N4O. The van der Waals surface area contributed by atoms with E-state index in [1.54, 1.807) is 10.7 Å². The van der Waals surface area contributed by atoms with Crippen molar-refractivity contribution in [2.75, 3.05) is 18.0 Å². The van der Waals surface area contributed by atoms with Crippen LogP contribution in [0.5, 0.6) is 0 Å². The Morgan fingerprint density at radius 1 is 1.28 bits per heavy atom. The minimum absolute atomic E-state index is 0.249. The molecule has 0 aliphatic carbocycles. The number of hydrogen-bond acceptors (Lipinski definition) is 4. The molecule has 1 aliphatic rings. The normalized spacial score (nSPS) is 15.2. The average molecular weight is 240 g/mol. The van der Waals surface area contributed by atoms with E-state index in [2.05, 4.69) is 11.2 Å². The van der Waals surface area contributed by atoms with E-state index < -0.39 is 0 Å². The monoisotopic (exact) mass is 240 g/mol. The van der Waals surface area contributed by atoms with Crippen molar-refractivity contribution in [2.24, 2.45) is 0 Å². The van der Waals surface area contributed by atoms with Crippen LogP contribution in [0.1, 0.15) is 5.56 Å². The maximum atomic E-state index is 9.27. The first-order valence-corrected chi connectivity index (χ1v) is 5.76. The van der Waals surface area contributed by atoms with Gasteiger partial charge in [0.1, 0.15) is 6.07 Å². The zero-order valence-electron chi connectivity index (χ0n) is 9.69. The zero-order valence-corrected chi connectivity index (χ0v) is 9.69. The first kappa shape index (κ1) is 10.8. The van der Waals surface area contributed by atoms with Crippen molar-refractivity contribution in [3.8, 4) is 11.8 Å². The van der Waals surface area contributed by atoms with Gasteiger partial charge in [0.25, 0.3) is 0 Å². The minimum atomic E-state index is -0.249. The molecule has 0 saturated carbocycles. The quantitative estimate of drug-likeness (QED) is 0.848. The topological polar surface area (TPSA) is 65.1 Å². The molecule has 5 heteroatoms. The van der Waals surface area contributed by atoms with Crippen LogP contribution in [0.2, 0.25) is 0 Å². The van der Waals surface area contributed by atoms with Crippen molar-refractivity contribution < 1.29 is 5.11 Å². The molecule has 0 radical (unpaired) electrons. The zero-order chi connectivity index (χ0) is 12.5. The molecule has 1 aromatic heterocycles. The summed E-state index contributed by atoms with van der Waals surface area (Å²) in [5, 5.41) is 22.7. The molecule has 1 fully saturated rings. The van der Waals surface area contributed by atoms with Gasteiger partial charge in [-0.3, -0.25) is 0 Å². The highest BCUT2D eigenvalue weighted by atomic mass is 16.3. The molecule has 1 N–H and O–H groups in total. The number of aliphatic hydroxyl groups is 1. The Morgan fingerprint density at radius 2 is 2.06 bits per heavy atom. The average Bonchev–Trinajstić information content (AvgIpc) is 2.84. The summed E-state index contributed by atoms with van der Waals surface area (Å²) in [4.78, 5) is 2.00. The summed E-state index contributed by atoms with van der Waals surface area (Å²) in [5.41, 5.74) is 1.36. The van der Waals surface area contributed by atoms with Gasteiger partial charge < -0.3 is 10.0 Å². The summed E-state index contributed by atoms with van der Waals surface area (Å²) >= 11 is 0. The van der Waals surface area contributed by atoms with Gasteiger partial charge in [-0.15, -0.1) is 0 Å². The highest BCUT2D eigenvalue weighted by Crippen LogP contribution is 2.20. The Morgan fingerprint density at radius 3 is 2.78 bits per heavy atom. The molecule has 0 atom stereocenters. The summed E-state index contributed by atoms with van der Waals surface area (Å²) in [6, 6.07) is 11.4. The molecule has 1 aliphatic heterocycles. The van der Waals surface area contributed by atoms with Crippen LogP contribution in [0.3, 0.4) is 0 Å².